The fourth-order valence-electron chi connectivity index (χ4n) is 2.40. The van der Waals surface area contributed by atoms with Crippen molar-refractivity contribution in [2.45, 2.75) is 31.8 Å². The Bertz CT molecular complexity index is 844. The van der Waals surface area contributed by atoms with Crippen LogP contribution >= 0.6 is 0 Å². The number of fused-ring (bicyclic) bond motifs is 2. The van der Waals surface area contributed by atoms with Gasteiger partial charge >= 0.3 is 12.2 Å². The SMILES string of the molecule is CC(C)S(=O)(=O)NC(=O)C1Oc2ccccc2Cc2ccccc2O1. The van der Waals surface area contributed by atoms with Gasteiger partial charge in [0, 0.05) is 6.42 Å². The topological polar surface area (TPSA) is 81.7 Å². The summed E-state index contributed by atoms with van der Waals surface area (Å²) in [6, 6.07) is 14.6. The molecule has 7 heteroatoms. The molecule has 1 amide bonds. The first-order valence-electron chi connectivity index (χ1n) is 7.91. The second-order valence-corrected chi connectivity index (χ2v) is 8.26. The van der Waals surface area contributed by atoms with E-state index in [9.17, 15) is 13.2 Å². The molecule has 132 valence electrons. The predicted octanol–water partition coefficient (Wildman–Crippen LogP) is 2.23. The van der Waals surface area contributed by atoms with Crippen LogP contribution in [0.1, 0.15) is 25.0 Å². The minimum Gasteiger partial charge on any atom is -0.446 e. The fraction of sp³-hybridized carbons (Fsp3) is 0.278. The van der Waals surface area contributed by atoms with E-state index in [2.05, 4.69) is 0 Å². The van der Waals surface area contributed by atoms with Gasteiger partial charge in [0.05, 0.1) is 5.25 Å². The Morgan fingerprint density at radius 2 is 1.48 bits per heavy atom. The molecule has 1 aliphatic rings. The molecule has 0 saturated heterocycles. The third-order valence-corrected chi connectivity index (χ3v) is 5.60. The summed E-state index contributed by atoms with van der Waals surface area (Å²) in [6.07, 6.45) is -0.818. The number of carbonyl (C=O) groups excluding carboxylic acids is 1. The van der Waals surface area contributed by atoms with Crippen molar-refractivity contribution in [1.29, 1.82) is 0 Å². The third kappa shape index (κ3) is 3.76. The van der Waals surface area contributed by atoms with E-state index in [4.69, 9.17) is 9.47 Å². The summed E-state index contributed by atoms with van der Waals surface area (Å²) in [4.78, 5) is 12.5. The van der Waals surface area contributed by atoms with Crippen molar-refractivity contribution < 1.29 is 22.7 Å². The van der Waals surface area contributed by atoms with Crippen molar-refractivity contribution in [2.75, 3.05) is 0 Å². The molecule has 6 nitrogen and oxygen atoms in total. The molecule has 1 aliphatic heterocycles. The number of benzene rings is 2. The van der Waals surface area contributed by atoms with Crippen LogP contribution in [0.3, 0.4) is 0 Å². The lowest BCUT2D eigenvalue weighted by Gasteiger charge is -2.25. The van der Waals surface area contributed by atoms with Crippen LogP contribution in [0.5, 0.6) is 11.5 Å². The Kier molecular flexibility index (Phi) is 4.67. The summed E-state index contributed by atoms with van der Waals surface area (Å²) in [5, 5.41) is -0.746. The molecule has 0 atom stereocenters. The number of hydrogen-bond acceptors (Lipinski definition) is 5. The zero-order valence-corrected chi connectivity index (χ0v) is 14.7. The van der Waals surface area contributed by atoms with Gasteiger partial charge in [0.15, 0.2) is 0 Å². The van der Waals surface area contributed by atoms with E-state index in [1.807, 2.05) is 29.0 Å². The normalized spacial score (nSPS) is 14.4. The van der Waals surface area contributed by atoms with Crippen LogP contribution in [-0.2, 0) is 21.2 Å². The lowest BCUT2D eigenvalue weighted by molar-refractivity contribution is -0.138. The minimum atomic E-state index is -3.78. The van der Waals surface area contributed by atoms with Crippen molar-refractivity contribution in [2.24, 2.45) is 0 Å². The number of hydrogen-bond donors (Lipinski definition) is 1. The van der Waals surface area contributed by atoms with Crippen LogP contribution in [0, 0.1) is 0 Å². The number of carbonyl (C=O) groups is 1. The summed E-state index contributed by atoms with van der Waals surface area (Å²) in [7, 11) is -3.78. The number of rotatable bonds is 3. The Labute approximate surface area is 146 Å². The van der Waals surface area contributed by atoms with E-state index < -0.39 is 27.5 Å². The van der Waals surface area contributed by atoms with Gasteiger partial charge in [-0.25, -0.2) is 13.1 Å². The van der Waals surface area contributed by atoms with Crippen LogP contribution in [0.15, 0.2) is 48.5 Å². The molecule has 0 radical (unpaired) electrons. The highest BCUT2D eigenvalue weighted by Gasteiger charge is 2.31. The summed E-state index contributed by atoms with van der Waals surface area (Å²) in [6.45, 7) is 2.97. The second-order valence-electron chi connectivity index (χ2n) is 6.02. The fourth-order valence-corrected chi connectivity index (χ4v) is 3.02. The monoisotopic (exact) mass is 361 g/mol. The number of amides is 1. The molecule has 0 fully saturated rings. The van der Waals surface area contributed by atoms with Crippen LogP contribution in [-0.4, -0.2) is 25.9 Å². The largest absolute Gasteiger partial charge is 0.446 e. The van der Waals surface area contributed by atoms with E-state index in [0.717, 1.165) is 11.1 Å². The Morgan fingerprint density at radius 1 is 1.00 bits per heavy atom. The standard InChI is InChI=1S/C18H19NO5S/c1-12(2)25(21,22)19-17(20)18-23-15-9-5-3-7-13(15)11-14-8-4-6-10-16(14)24-18/h3-10,12,18H,11H2,1-2H3,(H,19,20). The van der Waals surface area contributed by atoms with Gasteiger partial charge in [-0.2, -0.15) is 0 Å². The van der Waals surface area contributed by atoms with Gasteiger partial charge in [0.1, 0.15) is 11.5 Å². The summed E-state index contributed by atoms with van der Waals surface area (Å²) in [5.41, 5.74) is 1.78. The number of ether oxygens (including phenoxy) is 2. The zero-order valence-electron chi connectivity index (χ0n) is 13.9. The predicted molar refractivity (Wildman–Crippen MR) is 92.9 cm³/mol. The van der Waals surface area contributed by atoms with Gasteiger partial charge in [-0.05, 0) is 37.1 Å². The summed E-state index contributed by atoms with van der Waals surface area (Å²) < 4.78 is 37.4. The molecule has 0 saturated carbocycles. The van der Waals surface area contributed by atoms with E-state index in [0.29, 0.717) is 17.9 Å². The smallest absolute Gasteiger partial charge is 0.322 e. The third-order valence-electron chi connectivity index (χ3n) is 3.87. The molecule has 1 N–H and O–H groups in total. The van der Waals surface area contributed by atoms with Gasteiger partial charge < -0.3 is 9.47 Å². The quantitative estimate of drug-likeness (QED) is 0.907. The summed E-state index contributed by atoms with van der Waals surface area (Å²) in [5.74, 6) is 0.110. The molecule has 2 aromatic carbocycles. The maximum Gasteiger partial charge on any atom is 0.322 e. The first-order chi connectivity index (χ1) is 11.9. The average molecular weight is 361 g/mol. The number of sulfonamides is 1. The van der Waals surface area contributed by atoms with Crippen LogP contribution < -0.4 is 14.2 Å². The maximum atomic E-state index is 12.5. The van der Waals surface area contributed by atoms with Crippen molar-refractivity contribution >= 4 is 15.9 Å². The van der Waals surface area contributed by atoms with E-state index in [-0.39, 0.29) is 0 Å². The molecule has 0 spiro atoms. The summed E-state index contributed by atoms with van der Waals surface area (Å²) >= 11 is 0. The Balaban J connectivity index is 1.96. The molecule has 0 bridgehead atoms. The van der Waals surface area contributed by atoms with Gasteiger partial charge in [-0.15, -0.1) is 0 Å². The van der Waals surface area contributed by atoms with Gasteiger partial charge in [-0.1, -0.05) is 36.4 Å². The molecule has 2 aromatic rings. The van der Waals surface area contributed by atoms with E-state index in [1.165, 1.54) is 13.8 Å². The Hall–Kier alpha value is -2.54. The maximum absolute atomic E-state index is 12.5. The molecule has 3 rings (SSSR count). The van der Waals surface area contributed by atoms with Crippen molar-refractivity contribution in [3.63, 3.8) is 0 Å². The molecule has 0 aliphatic carbocycles. The van der Waals surface area contributed by atoms with Crippen LogP contribution in [0.2, 0.25) is 0 Å². The number of nitrogens with one attached hydrogen (secondary N) is 1. The molecule has 0 aromatic heterocycles. The van der Waals surface area contributed by atoms with Gasteiger partial charge in [-0.3, -0.25) is 4.79 Å². The highest BCUT2D eigenvalue weighted by Crippen LogP contribution is 2.30. The molecule has 1 heterocycles. The van der Waals surface area contributed by atoms with E-state index >= 15 is 0 Å². The van der Waals surface area contributed by atoms with Crippen molar-refractivity contribution in [3.05, 3.63) is 59.7 Å². The van der Waals surface area contributed by atoms with Crippen LogP contribution in [0.25, 0.3) is 0 Å². The first-order valence-corrected chi connectivity index (χ1v) is 9.46. The second kappa shape index (κ2) is 6.76. The molecular weight excluding hydrogens is 342 g/mol. The number of para-hydroxylation sites is 2. The minimum absolute atomic E-state index is 0.485. The highest BCUT2D eigenvalue weighted by atomic mass is 32.2. The lowest BCUT2D eigenvalue weighted by Crippen LogP contribution is -2.47. The zero-order chi connectivity index (χ0) is 18.0. The molecule has 0 unspecified atom stereocenters. The first kappa shape index (κ1) is 17.3. The Morgan fingerprint density at radius 3 is 1.96 bits per heavy atom. The van der Waals surface area contributed by atoms with Crippen molar-refractivity contribution in [3.8, 4) is 11.5 Å². The van der Waals surface area contributed by atoms with E-state index in [1.54, 1.807) is 24.3 Å². The average Bonchev–Trinajstić information content (AvgIpc) is 2.54. The van der Waals surface area contributed by atoms with Gasteiger partial charge in [0.25, 0.3) is 0 Å². The lowest BCUT2D eigenvalue weighted by atomic mass is 10.0. The highest BCUT2D eigenvalue weighted by molar-refractivity contribution is 7.90. The molecular formula is C18H19NO5S. The molecule has 25 heavy (non-hydrogen) atoms. The van der Waals surface area contributed by atoms with Crippen LogP contribution in [0.4, 0.5) is 0 Å². The van der Waals surface area contributed by atoms with Gasteiger partial charge in [0.2, 0.25) is 10.0 Å². The van der Waals surface area contributed by atoms with Crippen molar-refractivity contribution in [1.82, 2.24) is 4.72 Å².